The molecule has 2 aromatic rings. The lowest BCUT2D eigenvalue weighted by Gasteiger charge is -2.25. The molecule has 8 nitrogen and oxygen atoms in total. The number of rotatable bonds is 5. The van der Waals surface area contributed by atoms with Gasteiger partial charge in [-0.3, -0.25) is 10.1 Å². The number of nitrogens with zero attached hydrogens (tertiary/aromatic N) is 3. The van der Waals surface area contributed by atoms with Gasteiger partial charge in [-0.2, -0.15) is 9.04 Å². The van der Waals surface area contributed by atoms with Crippen LogP contribution in [0.2, 0.25) is 0 Å². The Labute approximate surface area is 155 Å². The molecule has 0 bridgehead atoms. The number of benzene rings is 1. The van der Waals surface area contributed by atoms with E-state index in [1.54, 1.807) is 18.2 Å². The van der Waals surface area contributed by atoms with Gasteiger partial charge in [0.15, 0.2) is 6.20 Å². The van der Waals surface area contributed by atoms with Gasteiger partial charge in [0, 0.05) is 31.3 Å². The molecule has 3 rings (SSSR count). The Kier molecular flexibility index (Phi) is 5.44. The lowest BCUT2D eigenvalue weighted by molar-refractivity contribution is -0.645. The zero-order valence-electron chi connectivity index (χ0n) is 13.8. The van der Waals surface area contributed by atoms with Crippen molar-refractivity contribution < 1.29 is 18.1 Å². The lowest BCUT2D eigenvalue weighted by Crippen LogP contribution is -2.35. The fourth-order valence-corrected chi connectivity index (χ4v) is 5.18. The molecule has 1 aliphatic rings. The number of sulfonamides is 1. The maximum Gasteiger partial charge on any atom is 0.284 e. The van der Waals surface area contributed by atoms with Gasteiger partial charge in [-0.1, -0.05) is 6.42 Å². The Morgan fingerprint density at radius 1 is 1.12 bits per heavy atom. The van der Waals surface area contributed by atoms with Gasteiger partial charge in [0.25, 0.3) is 10.7 Å². The van der Waals surface area contributed by atoms with E-state index in [1.807, 2.05) is 0 Å². The molecule has 0 aliphatic carbocycles. The van der Waals surface area contributed by atoms with Gasteiger partial charge in [0.2, 0.25) is 10.0 Å². The smallest absolute Gasteiger partial charge is 0.284 e. The van der Waals surface area contributed by atoms with Crippen molar-refractivity contribution in [2.45, 2.75) is 34.1 Å². The minimum Gasteiger partial charge on any atom is -0.618 e. The molecule has 0 unspecified atom stereocenters. The normalized spacial score (nSPS) is 15.7. The zero-order valence-corrected chi connectivity index (χ0v) is 15.4. The highest BCUT2D eigenvalue weighted by molar-refractivity contribution is 7.99. The Hall–Kier alpha value is -2.17. The van der Waals surface area contributed by atoms with Crippen LogP contribution in [0.25, 0.3) is 0 Å². The molecule has 0 N–H and O–H groups in total. The van der Waals surface area contributed by atoms with Crippen LogP contribution in [0.4, 0.5) is 5.69 Å². The maximum absolute atomic E-state index is 12.7. The zero-order chi connectivity index (χ0) is 18.7. The Morgan fingerprint density at radius 2 is 1.85 bits per heavy atom. The van der Waals surface area contributed by atoms with E-state index in [2.05, 4.69) is 0 Å². The fraction of sp³-hybridized carbons (Fsp3) is 0.312. The van der Waals surface area contributed by atoms with Crippen LogP contribution >= 0.6 is 11.8 Å². The van der Waals surface area contributed by atoms with Crippen molar-refractivity contribution in [3.8, 4) is 0 Å². The highest BCUT2D eigenvalue weighted by Gasteiger charge is 2.29. The molecule has 0 radical (unpaired) electrons. The molecule has 0 spiro atoms. The monoisotopic (exact) mass is 395 g/mol. The summed E-state index contributed by atoms with van der Waals surface area (Å²) in [6.07, 6.45) is 3.84. The molecule has 1 aromatic heterocycles. The third-order valence-corrected chi connectivity index (χ3v) is 7.07. The highest BCUT2D eigenvalue weighted by Crippen LogP contribution is 2.35. The van der Waals surface area contributed by atoms with Crippen LogP contribution in [0.5, 0.6) is 0 Å². The molecule has 138 valence electrons. The Morgan fingerprint density at radius 3 is 2.50 bits per heavy atom. The van der Waals surface area contributed by atoms with Crippen LogP contribution in [-0.4, -0.2) is 30.7 Å². The first-order valence-electron chi connectivity index (χ1n) is 8.04. The number of pyridine rings is 1. The first kappa shape index (κ1) is 18.6. The van der Waals surface area contributed by atoms with Crippen molar-refractivity contribution in [1.82, 2.24) is 4.31 Å². The van der Waals surface area contributed by atoms with E-state index in [1.165, 1.54) is 22.6 Å². The van der Waals surface area contributed by atoms with Crippen molar-refractivity contribution >= 4 is 27.5 Å². The first-order chi connectivity index (χ1) is 12.4. The molecular weight excluding hydrogens is 378 g/mol. The molecular formula is C16H17N3O5S2. The Balaban J connectivity index is 1.97. The van der Waals surface area contributed by atoms with Crippen LogP contribution in [0.3, 0.4) is 0 Å². The molecule has 0 amide bonds. The van der Waals surface area contributed by atoms with Crippen molar-refractivity contribution in [3.05, 3.63) is 57.9 Å². The van der Waals surface area contributed by atoms with Gasteiger partial charge in [-0.15, -0.1) is 0 Å². The SMILES string of the molecule is O=[N+]([O-])c1cc(S(=O)(=O)N2CCCCC2)ccc1Sc1cccc[n+]1[O-]. The quantitative estimate of drug-likeness (QED) is 0.333. The van der Waals surface area contributed by atoms with Crippen LogP contribution in [0.15, 0.2) is 57.4 Å². The molecule has 2 heterocycles. The molecule has 0 saturated carbocycles. The van der Waals surface area contributed by atoms with Crippen LogP contribution in [-0.2, 0) is 10.0 Å². The third-order valence-electron chi connectivity index (χ3n) is 4.08. The number of piperidine rings is 1. The maximum atomic E-state index is 12.7. The summed E-state index contributed by atoms with van der Waals surface area (Å²) < 4.78 is 27.4. The number of nitro benzene ring substituents is 1. The van der Waals surface area contributed by atoms with Crippen molar-refractivity contribution in [3.63, 3.8) is 0 Å². The van der Waals surface area contributed by atoms with Gasteiger partial charge >= 0.3 is 0 Å². The molecule has 1 saturated heterocycles. The molecule has 10 heteroatoms. The second-order valence-corrected chi connectivity index (χ2v) is 8.82. The molecule has 1 aromatic carbocycles. The van der Waals surface area contributed by atoms with Gasteiger partial charge < -0.3 is 5.21 Å². The summed E-state index contributed by atoms with van der Waals surface area (Å²) in [5.74, 6) is 0. The van der Waals surface area contributed by atoms with Crippen molar-refractivity contribution in [2.75, 3.05) is 13.1 Å². The van der Waals surface area contributed by atoms with Gasteiger partial charge in [0.1, 0.15) is 0 Å². The van der Waals surface area contributed by atoms with E-state index in [0.717, 1.165) is 37.1 Å². The molecule has 26 heavy (non-hydrogen) atoms. The summed E-state index contributed by atoms with van der Waals surface area (Å²) in [5, 5.41) is 23.5. The Bertz CT molecular complexity index is 927. The lowest BCUT2D eigenvalue weighted by atomic mass is 10.2. The number of hydrogen-bond acceptors (Lipinski definition) is 6. The van der Waals surface area contributed by atoms with E-state index >= 15 is 0 Å². The topological polar surface area (TPSA) is 107 Å². The van der Waals surface area contributed by atoms with Crippen molar-refractivity contribution in [2.24, 2.45) is 0 Å². The number of aromatic nitrogens is 1. The number of nitro groups is 1. The standard InChI is InChI=1S/C16H17N3O5S2/c20-18-11-5-2-6-16(18)25-15-8-7-13(12-14(15)19(21)22)26(23,24)17-9-3-1-4-10-17/h2,5-8,11-12H,1,3-4,9-10H2. The second-order valence-electron chi connectivity index (χ2n) is 5.82. The van der Waals surface area contributed by atoms with E-state index in [4.69, 9.17) is 0 Å². The minimum atomic E-state index is -3.76. The summed E-state index contributed by atoms with van der Waals surface area (Å²) in [4.78, 5) is 10.9. The predicted octanol–water partition coefficient (Wildman–Crippen LogP) is 2.55. The molecule has 0 atom stereocenters. The van der Waals surface area contributed by atoms with Gasteiger partial charge in [0.05, 0.1) is 14.7 Å². The largest absolute Gasteiger partial charge is 0.618 e. The average Bonchev–Trinajstić information content (AvgIpc) is 2.64. The van der Waals surface area contributed by atoms with Crippen LogP contribution < -0.4 is 4.73 Å². The average molecular weight is 395 g/mol. The van der Waals surface area contributed by atoms with Gasteiger partial charge in [-0.05, 0) is 42.8 Å². The van der Waals surface area contributed by atoms with E-state index in [-0.39, 0.29) is 20.5 Å². The minimum absolute atomic E-state index is 0.0986. The highest BCUT2D eigenvalue weighted by atomic mass is 32.2. The summed E-state index contributed by atoms with van der Waals surface area (Å²) >= 11 is 0.924. The van der Waals surface area contributed by atoms with E-state index < -0.39 is 14.9 Å². The number of hydrogen-bond donors (Lipinski definition) is 0. The fourth-order valence-electron chi connectivity index (χ4n) is 2.75. The summed E-state index contributed by atoms with van der Waals surface area (Å²) in [6, 6.07) is 8.56. The second kappa shape index (κ2) is 7.60. The third kappa shape index (κ3) is 3.81. The van der Waals surface area contributed by atoms with Crippen LogP contribution in [0, 0.1) is 15.3 Å². The summed E-state index contributed by atoms with van der Waals surface area (Å²) in [7, 11) is -3.76. The van der Waals surface area contributed by atoms with Gasteiger partial charge in [-0.25, -0.2) is 8.42 Å². The van der Waals surface area contributed by atoms with E-state index in [9.17, 15) is 23.7 Å². The molecule has 1 fully saturated rings. The molecule has 1 aliphatic heterocycles. The predicted molar refractivity (Wildman–Crippen MR) is 95.2 cm³/mol. The van der Waals surface area contributed by atoms with Crippen LogP contribution in [0.1, 0.15) is 19.3 Å². The first-order valence-corrected chi connectivity index (χ1v) is 10.3. The van der Waals surface area contributed by atoms with Crippen molar-refractivity contribution in [1.29, 1.82) is 0 Å². The summed E-state index contributed by atoms with van der Waals surface area (Å²) in [5.41, 5.74) is -0.336. The van der Waals surface area contributed by atoms with E-state index in [0.29, 0.717) is 17.8 Å². The summed E-state index contributed by atoms with van der Waals surface area (Å²) in [6.45, 7) is 0.847.